The summed E-state index contributed by atoms with van der Waals surface area (Å²) >= 11 is 3.32. The van der Waals surface area contributed by atoms with Crippen LogP contribution in [0, 0.1) is 6.92 Å². The Morgan fingerprint density at radius 1 is 1.12 bits per heavy atom. The van der Waals surface area contributed by atoms with Crippen molar-refractivity contribution in [3.05, 3.63) is 70.4 Å². The van der Waals surface area contributed by atoms with Gasteiger partial charge in [0, 0.05) is 15.7 Å². The lowest BCUT2D eigenvalue weighted by molar-refractivity contribution is -0.119. The van der Waals surface area contributed by atoms with Crippen LogP contribution in [0.1, 0.15) is 16.1 Å². The largest absolute Gasteiger partial charge is 0.452 e. The first-order valence-corrected chi connectivity index (χ1v) is 8.58. The molecule has 0 aliphatic heterocycles. The second kappa shape index (κ2) is 7.97. The van der Waals surface area contributed by atoms with Crippen LogP contribution in [0.3, 0.4) is 0 Å². The quantitative estimate of drug-likeness (QED) is 0.632. The van der Waals surface area contributed by atoms with Crippen LogP contribution in [-0.4, -0.2) is 23.6 Å². The number of esters is 1. The second-order valence-electron chi connectivity index (χ2n) is 5.46. The maximum Gasteiger partial charge on any atom is 0.344 e. The summed E-state index contributed by atoms with van der Waals surface area (Å²) in [6.45, 7) is 1.21. The van der Waals surface area contributed by atoms with Gasteiger partial charge in [-0.05, 0) is 31.2 Å². The molecule has 0 fully saturated rings. The van der Waals surface area contributed by atoms with Gasteiger partial charge in [-0.25, -0.2) is 4.79 Å². The average molecular weight is 415 g/mol. The molecule has 0 aliphatic rings. The Labute approximate surface area is 158 Å². The minimum absolute atomic E-state index is 0.215. The van der Waals surface area contributed by atoms with Crippen molar-refractivity contribution in [2.75, 3.05) is 11.9 Å². The summed E-state index contributed by atoms with van der Waals surface area (Å²) in [4.78, 5) is 24.4. The first-order chi connectivity index (χ1) is 12.5. The summed E-state index contributed by atoms with van der Waals surface area (Å²) in [6, 6.07) is 16.2. The molecule has 3 aromatic rings. The van der Waals surface area contributed by atoms with Crippen LogP contribution in [0.5, 0.6) is 0 Å². The molecule has 132 valence electrons. The van der Waals surface area contributed by atoms with Gasteiger partial charge in [0.2, 0.25) is 0 Å². The molecule has 0 saturated heterocycles. The molecule has 0 aliphatic carbocycles. The number of hydrogen-bond acceptors (Lipinski definition) is 5. The van der Waals surface area contributed by atoms with Gasteiger partial charge in [0.15, 0.2) is 6.61 Å². The molecule has 2 aromatic carbocycles. The number of aryl methyl sites for hydroxylation is 1. The summed E-state index contributed by atoms with van der Waals surface area (Å²) in [5.74, 6) is -0.758. The SMILES string of the molecule is Cc1onc(-c2ccccc2)c1C(=O)OCC(=O)Nc1ccc(Br)cc1. The van der Waals surface area contributed by atoms with Gasteiger partial charge < -0.3 is 14.6 Å². The molecule has 3 rings (SSSR count). The zero-order valence-electron chi connectivity index (χ0n) is 13.9. The van der Waals surface area contributed by atoms with Crippen molar-refractivity contribution < 1.29 is 18.8 Å². The third kappa shape index (κ3) is 4.18. The molecule has 0 saturated carbocycles. The monoisotopic (exact) mass is 414 g/mol. The lowest BCUT2D eigenvalue weighted by atomic mass is 10.1. The molecule has 6 nitrogen and oxygen atoms in total. The van der Waals surface area contributed by atoms with Gasteiger partial charge in [-0.1, -0.05) is 51.4 Å². The van der Waals surface area contributed by atoms with Crippen LogP contribution < -0.4 is 5.32 Å². The summed E-state index contributed by atoms with van der Waals surface area (Å²) in [5.41, 5.74) is 1.95. The number of anilines is 1. The molecule has 0 unspecified atom stereocenters. The molecule has 26 heavy (non-hydrogen) atoms. The van der Waals surface area contributed by atoms with Gasteiger partial charge >= 0.3 is 5.97 Å². The van der Waals surface area contributed by atoms with E-state index in [4.69, 9.17) is 9.26 Å². The highest BCUT2D eigenvalue weighted by Gasteiger charge is 2.23. The van der Waals surface area contributed by atoms with Crippen molar-refractivity contribution >= 4 is 33.5 Å². The lowest BCUT2D eigenvalue weighted by Crippen LogP contribution is -2.21. The minimum atomic E-state index is -0.659. The van der Waals surface area contributed by atoms with Crippen molar-refractivity contribution in [2.24, 2.45) is 0 Å². The Hall–Kier alpha value is -2.93. The van der Waals surface area contributed by atoms with E-state index >= 15 is 0 Å². The lowest BCUT2D eigenvalue weighted by Gasteiger charge is -2.07. The molecule has 1 amide bonds. The third-order valence-corrected chi connectivity index (χ3v) is 4.11. The van der Waals surface area contributed by atoms with Crippen molar-refractivity contribution in [1.29, 1.82) is 0 Å². The van der Waals surface area contributed by atoms with Crippen LogP contribution >= 0.6 is 15.9 Å². The van der Waals surface area contributed by atoms with Crippen molar-refractivity contribution in [1.82, 2.24) is 5.16 Å². The fourth-order valence-corrected chi connectivity index (χ4v) is 2.60. The zero-order chi connectivity index (χ0) is 18.5. The molecular formula is C19H15BrN2O4. The Balaban J connectivity index is 1.66. The van der Waals surface area contributed by atoms with E-state index in [1.165, 1.54) is 0 Å². The highest BCUT2D eigenvalue weighted by atomic mass is 79.9. The fourth-order valence-electron chi connectivity index (χ4n) is 2.34. The molecular weight excluding hydrogens is 400 g/mol. The summed E-state index contributed by atoms with van der Waals surface area (Å²) in [7, 11) is 0. The maximum absolute atomic E-state index is 12.4. The number of carbonyl (C=O) groups is 2. The molecule has 1 N–H and O–H groups in total. The van der Waals surface area contributed by atoms with E-state index in [0.29, 0.717) is 17.1 Å². The Bertz CT molecular complexity index is 920. The number of benzene rings is 2. The molecule has 0 spiro atoms. The van der Waals surface area contributed by atoms with Gasteiger partial charge in [0.1, 0.15) is 17.0 Å². The molecule has 0 bridgehead atoms. The van der Waals surface area contributed by atoms with Gasteiger partial charge in [-0.3, -0.25) is 4.79 Å². The Morgan fingerprint density at radius 3 is 2.50 bits per heavy atom. The van der Waals surface area contributed by atoms with Gasteiger partial charge in [-0.15, -0.1) is 0 Å². The number of rotatable bonds is 5. The van der Waals surface area contributed by atoms with E-state index in [1.807, 2.05) is 30.3 Å². The highest BCUT2D eigenvalue weighted by molar-refractivity contribution is 9.10. The number of amides is 1. The van der Waals surface area contributed by atoms with Crippen molar-refractivity contribution in [2.45, 2.75) is 6.92 Å². The first-order valence-electron chi connectivity index (χ1n) is 7.79. The molecule has 0 radical (unpaired) electrons. The average Bonchev–Trinajstić information content (AvgIpc) is 3.04. The third-order valence-electron chi connectivity index (χ3n) is 3.58. The number of hydrogen-bond donors (Lipinski definition) is 1. The summed E-state index contributed by atoms with van der Waals surface area (Å²) in [6.07, 6.45) is 0. The van der Waals surface area contributed by atoms with Gasteiger partial charge in [0.25, 0.3) is 5.91 Å². The smallest absolute Gasteiger partial charge is 0.344 e. The number of halogens is 1. The number of nitrogens with one attached hydrogen (secondary N) is 1. The predicted molar refractivity (Wildman–Crippen MR) is 99.7 cm³/mol. The van der Waals surface area contributed by atoms with Crippen molar-refractivity contribution in [3.8, 4) is 11.3 Å². The molecule has 1 heterocycles. The fraction of sp³-hybridized carbons (Fsp3) is 0.105. The van der Waals surface area contributed by atoms with E-state index in [2.05, 4.69) is 26.4 Å². The van der Waals surface area contributed by atoms with Crippen LogP contribution in [0.15, 0.2) is 63.6 Å². The highest BCUT2D eigenvalue weighted by Crippen LogP contribution is 2.25. The van der Waals surface area contributed by atoms with E-state index in [-0.39, 0.29) is 5.56 Å². The topological polar surface area (TPSA) is 81.4 Å². The van der Waals surface area contributed by atoms with Gasteiger partial charge in [0.05, 0.1) is 0 Å². The van der Waals surface area contributed by atoms with E-state index in [0.717, 1.165) is 10.0 Å². The molecule has 1 aromatic heterocycles. The van der Waals surface area contributed by atoms with E-state index in [9.17, 15) is 9.59 Å². The normalized spacial score (nSPS) is 10.4. The van der Waals surface area contributed by atoms with Crippen LogP contribution in [0.2, 0.25) is 0 Å². The second-order valence-corrected chi connectivity index (χ2v) is 6.38. The van der Waals surface area contributed by atoms with Gasteiger partial charge in [-0.2, -0.15) is 0 Å². The number of carbonyl (C=O) groups excluding carboxylic acids is 2. The Kier molecular flexibility index (Phi) is 5.48. The minimum Gasteiger partial charge on any atom is -0.452 e. The number of aromatic nitrogens is 1. The van der Waals surface area contributed by atoms with Crippen LogP contribution in [0.25, 0.3) is 11.3 Å². The maximum atomic E-state index is 12.4. The first kappa shape index (κ1) is 17.9. The summed E-state index contributed by atoms with van der Waals surface area (Å²) in [5, 5.41) is 6.58. The van der Waals surface area contributed by atoms with Crippen molar-refractivity contribution in [3.63, 3.8) is 0 Å². The van der Waals surface area contributed by atoms with Crippen LogP contribution in [0.4, 0.5) is 5.69 Å². The molecule has 7 heteroatoms. The predicted octanol–water partition coefficient (Wildman–Crippen LogP) is 4.21. The number of nitrogens with zero attached hydrogens (tertiary/aromatic N) is 1. The number of ether oxygens (including phenoxy) is 1. The van der Waals surface area contributed by atoms with Crippen LogP contribution in [-0.2, 0) is 9.53 Å². The zero-order valence-corrected chi connectivity index (χ0v) is 15.4. The molecule has 0 atom stereocenters. The van der Waals surface area contributed by atoms with E-state index in [1.54, 1.807) is 31.2 Å². The summed E-state index contributed by atoms with van der Waals surface area (Å²) < 4.78 is 11.2. The Morgan fingerprint density at radius 2 is 1.81 bits per heavy atom. The standard InChI is InChI=1S/C19H15BrN2O4/c1-12-17(18(22-26-12)13-5-3-2-4-6-13)19(24)25-11-16(23)21-15-9-7-14(20)8-10-15/h2-10H,11H2,1H3,(H,21,23). The van der Waals surface area contributed by atoms with E-state index < -0.39 is 18.5 Å².